The molecule has 8 nitrogen and oxygen atoms in total. The van der Waals surface area contributed by atoms with Crippen LogP contribution in [0.25, 0.3) is 55.8 Å². The molecule has 0 fully saturated rings. The van der Waals surface area contributed by atoms with Crippen LogP contribution in [0.5, 0.6) is 0 Å². The van der Waals surface area contributed by atoms with Gasteiger partial charge < -0.3 is 10.3 Å². The number of para-hydroxylation sites is 1. The predicted octanol–water partition coefficient (Wildman–Crippen LogP) is 6.10. The highest BCUT2D eigenvalue weighted by Gasteiger charge is 2.22. The fourth-order valence-corrected chi connectivity index (χ4v) is 4.31. The minimum atomic E-state index is -0.616. The number of aromatic amines is 2. The van der Waals surface area contributed by atoms with Crippen LogP contribution >= 0.6 is 0 Å². The smallest absolute Gasteiger partial charge is 0.226 e. The van der Waals surface area contributed by atoms with Crippen LogP contribution in [0.3, 0.4) is 0 Å². The van der Waals surface area contributed by atoms with Gasteiger partial charge in [-0.25, -0.2) is 13.8 Å². The fraction of sp³-hybridized carbons (Fsp3) is 0.107. The van der Waals surface area contributed by atoms with Crippen molar-refractivity contribution in [3.63, 3.8) is 0 Å². The Hall–Kier alpha value is -4.99. The number of fused-ring (bicyclic) bond motifs is 2. The molecule has 6 rings (SSSR count). The Bertz CT molecular complexity index is 1840. The molecule has 0 aliphatic rings. The molecule has 3 N–H and O–H groups in total. The van der Waals surface area contributed by atoms with Gasteiger partial charge in [-0.3, -0.25) is 19.9 Å². The van der Waals surface area contributed by atoms with Crippen molar-refractivity contribution < 1.29 is 13.6 Å². The summed E-state index contributed by atoms with van der Waals surface area (Å²) in [5.41, 5.74) is 3.74. The van der Waals surface area contributed by atoms with Crippen LogP contribution in [0.2, 0.25) is 0 Å². The third-order valence-corrected chi connectivity index (χ3v) is 6.25. The SMILES string of the molecule is CC(C)C(=O)Nc1cncc(-c2ncc3[nH]nc(-c4nc5c(-c6ccccc6F)cccc5[nH]4)c3c2F)c1. The van der Waals surface area contributed by atoms with E-state index in [9.17, 15) is 9.18 Å². The number of aromatic nitrogens is 6. The van der Waals surface area contributed by atoms with Gasteiger partial charge in [-0.15, -0.1) is 0 Å². The number of pyridine rings is 2. The van der Waals surface area contributed by atoms with Gasteiger partial charge in [0.2, 0.25) is 5.91 Å². The predicted molar refractivity (Wildman–Crippen MR) is 141 cm³/mol. The number of hydrogen-bond acceptors (Lipinski definition) is 5. The minimum Gasteiger partial charge on any atom is -0.337 e. The topological polar surface area (TPSA) is 112 Å². The molecule has 1 amide bonds. The molecule has 188 valence electrons. The number of amides is 1. The highest BCUT2D eigenvalue weighted by Crippen LogP contribution is 2.35. The zero-order valence-corrected chi connectivity index (χ0v) is 20.4. The van der Waals surface area contributed by atoms with Crippen molar-refractivity contribution >= 4 is 33.5 Å². The summed E-state index contributed by atoms with van der Waals surface area (Å²) in [6.07, 6.45) is 4.45. The molecule has 0 unspecified atom stereocenters. The third kappa shape index (κ3) is 3.96. The van der Waals surface area contributed by atoms with Crippen molar-refractivity contribution in [2.24, 2.45) is 5.92 Å². The van der Waals surface area contributed by atoms with Gasteiger partial charge in [-0.1, -0.05) is 44.2 Å². The molecule has 0 saturated carbocycles. The molecule has 38 heavy (non-hydrogen) atoms. The molecule has 0 spiro atoms. The van der Waals surface area contributed by atoms with Crippen LogP contribution in [0.15, 0.2) is 67.1 Å². The van der Waals surface area contributed by atoms with Crippen molar-refractivity contribution in [1.29, 1.82) is 0 Å². The summed E-state index contributed by atoms with van der Waals surface area (Å²) in [6, 6.07) is 13.5. The Kier molecular flexibility index (Phi) is 5.64. The molecule has 0 bridgehead atoms. The molecule has 0 atom stereocenters. The lowest BCUT2D eigenvalue weighted by Crippen LogP contribution is -2.17. The van der Waals surface area contributed by atoms with Gasteiger partial charge in [0.05, 0.1) is 40.0 Å². The molecule has 0 saturated heterocycles. The molecular formula is C28H21F2N7O. The van der Waals surface area contributed by atoms with Crippen molar-refractivity contribution in [3.05, 3.63) is 78.8 Å². The van der Waals surface area contributed by atoms with Crippen LogP contribution in [0, 0.1) is 17.6 Å². The number of hydrogen-bond donors (Lipinski definition) is 3. The second-order valence-corrected chi connectivity index (χ2v) is 9.15. The van der Waals surface area contributed by atoms with E-state index in [2.05, 4.69) is 35.5 Å². The van der Waals surface area contributed by atoms with Crippen molar-refractivity contribution in [1.82, 2.24) is 30.1 Å². The van der Waals surface area contributed by atoms with Gasteiger partial charge in [0.1, 0.15) is 17.2 Å². The van der Waals surface area contributed by atoms with Crippen LogP contribution in [0.4, 0.5) is 14.5 Å². The Morgan fingerprint density at radius 1 is 0.947 bits per heavy atom. The number of nitrogens with one attached hydrogen (secondary N) is 3. The van der Waals surface area contributed by atoms with Crippen molar-refractivity contribution in [2.45, 2.75) is 13.8 Å². The summed E-state index contributed by atoms with van der Waals surface area (Å²) in [5.74, 6) is -1.06. The summed E-state index contributed by atoms with van der Waals surface area (Å²) < 4.78 is 30.5. The van der Waals surface area contributed by atoms with Crippen molar-refractivity contribution in [2.75, 3.05) is 5.32 Å². The quantitative estimate of drug-likeness (QED) is 0.260. The fourth-order valence-electron chi connectivity index (χ4n) is 4.31. The Labute approximate surface area is 215 Å². The van der Waals surface area contributed by atoms with E-state index < -0.39 is 5.82 Å². The first kappa shape index (κ1) is 23.4. The second kappa shape index (κ2) is 9.15. The lowest BCUT2D eigenvalue weighted by molar-refractivity contribution is -0.118. The lowest BCUT2D eigenvalue weighted by Gasteiger charge is -2.09. The number of rotatable bonds is 5. The van der Waals surface area contributed by atoms with E-state index >= 15 is 4.39 Å². The molecule has 4 heterocycles. The molecule has 0 aliphatic heterocycles. The third-order valence-electron chi connectivity index (χ3n) is 6.25. The summed E-state index contributed by atoms with van der Waals surface area (Å²) in [4.78, 5) is 28.4. The monoisotopic (exact) mass is 509 g/mol. The number of halogens is 2. The van der Waals surface area contributed by atoms with Gasteiger partial charge >= 0.3 is 0 Å². The van der Waals surface area contributed by atoms with E-state index in [-0.39, 0.29) is 34.4 Å². The maximum atomic E-state index is 16.0. The summed E-state index contributed by atoms with van der Waals surface area (Å²) >= 11 is 0. The molecule has 2 aromatic carbocycles. The number of carbonyl (C=O) groups excluding carboxylic acids is 1. The number of imidazole rings is 1. The minimum absolute atomic E-state index is 0.0523. The average Bonchev–Trinajstić information content (AvgIpc) is 3.54. The molecule has 10 heteroatoms. The molecule has 6 aromatic rings. The number of nitrogens with zero attached hydrogens (tertiary/aromatic N) is 4. The normalized spacial score (nSPS) is 11.5. The molecule has 4 aromatic heterocycles. The maximum absolute atomic E-state index is 16.0. The first-order chi connectivity index (χ1) is 18.4. The highest BCUT2D eigenvalue weighted by molar-refractivity contribution is 5.98. The van der Waals surface area contributed by atoms with Gasteiger partial charge in [-0.2, -0.15) is 5.10 Å². The zero-order valence-electron chi connectivity index (χ0n) is 20.4. The highest BCUT2D eigenvalue weighted by atomic mass is 19.1. The van der Waals surface area contributed by atoms with E-state index in [0.29, 0.717) is 44.8 Å². The lowest BCUT2D eigenvalue weighted by atomic mass is 10.0. The molecule has 0 radical (unpaired) electrons. The Morgan fingerprint density at radius 3 is 2.58 bits per heavy atom. The van der Waals surface area contributed by atoms with E-state index in [1.165, 1.54) is 24.7 Å². The van der Waals surface area contributed by atoms with Crippen LogP contribution in [-0.2, 0) is 4.79 Å². The van der Waals surface area contributed by atoms with E-state index in [1.807, 2.05) is 6.07 Å². The standard InChI is InChI=1S/C28H21F2N7O/c1-14(2)28(38)33-16-10-15(11-31-12-16)24-23(30)22-21(13-32-24)36-37-26(22)27-34-20-9-5-7-18(25(20)35-27)17-6-3-4-8-19(17)29/h3-14H,1-2H3,(H,33,38)(H,34,35)(H,36,37). The van der Waals surface area contributed by atoms with E-state index in [0.717, 1.165) is 0 Å². The Balaban J connectivity index is 1.46. The largest absolute Gasteiger partial charge is 0.337 e. The molecule has 0 aliphatic carbocycles. The van der Waals surface area contributed by atoms with E-state index in [1.54, 1.807) is 50.2 Å². The number of benzene rings is 2. The van der Waals surface area contributed by atoms with Crippen LogP contribution < -0.4 is 5.32 Å². The first-order valence-electron chi connectivity index (χ1n) is 11.9. The van der Waals surface area contributed by atoms with Gasteiger partial charge in [0.15, 0.2) is 11.6 Å². The number of anilines is 1. The van der Waals surface area contributed by atoms with Crippen LogP contribution in [-0.4, -0.2) is 36.0 Å². The molecular weight excluding hydrogens is 488 g/mol. The number of H-pyrrole nitrogens is 2. The maximum Gasteiger partial charge on any atom is 0.226 e. The van der Waals surface area contributed by atoms with Crippen molar-refractivity contribution in [3.8, 4) is 33.9 Å². The average molecular weight is 510 g/mol. The van der Waals surface area contributed by atoms with Gasteiger partial charge in [0, 0.05) is 28.8 Å². The van der Waals surface area contributed by atoms with Gasteiger partial charge in [-0.05, 0) is 18.2 Å². The Morgan fingerprint density at radius 2 is 1.76 bits per heavy atom. The summed E-state index contributed by atoms with van der Waals surface area (Å²) in [5, 5.41) is 10.1. The van der Waals surface area contributed by atoms with Crippen LogP contribution in [0.1, 0.15) is 13.8 Å². The number of carbonyl (C=O) groups is 1. The van der Waals surface area contributed by atoms with Gasteiger partial charge in [0.25, 0.3) is 0 Å². The second-order valence-electron chi connectivity index (χ2n) is 9.15. The van der Waals surface area contributed by atoms with E-state index in [4.69, 9.17) is 0 Å². The first-order valence-corrected chi connectivity index (χ1v) is 11.9. The zero-order chi connectivity index (χ0) is 26.4. The summed E-state index contributed by atoms with van der Waals surface area (Å²) in [6.45, 7) is 3.55. The summed E-state index contributed by atoms with van der Waals surface area (Å²) in [7, 11) is 0.